The van der Waals surface area contributed by atoms with E-state index in [0.717, 1.165) is 11.6 Å². The molecule has 1 amide bonds. The van der Waals surface area contributed by atoms with E-state index in [9.17, 15) is 4.79 Å². The summed E-state index contributed by atoms with van der Waals surface area (Å²) >= 11 is 0. The lowest BCUT2D eigenvalue weighted by molar-refractivity contribution is 0.0890. The van der Waals surface area contributed by atoms with Gasteiger partial charge in [0.15, 0.2) is 5.65 Å². The van der Waals surface area contributed by atoms with E-state index in [1.165, 1.54) is 0 Å². The second-order valence-corrected chi connectivity index (χ2v) is 14.9. The summed E-state index contributed by atoms with van der Waals surface area (Å²) in [6, 6.07) is 8.80. The van der Waals surface area contributed by atoms with Crippen LogP contribution >= 0.6 is 0 Å². The van der Waals surface area contributed by atoms with Crippen LogP contribution in [-0.2, 0) is 11.5 Å². The number of fused-ring (bicyclic) bond motifs is 1. The molecule has 0 fully saturated rings. The molecule has 1 N–H and O–H groups in total. The molecule has 7 nitrogen and oxygen atoms in total. The van der Waals surface area contributed by atoms with Gasteiger partial charge >= 0.3 is 0 Å². The van der Waals surface area contributed by atoms with E-state index in [-0.39, 0.29) is 11.9 Å². The van der Waals surface area contributed by atoms with Crippen molar-refractivity contribution >= 4 is 25.1 Å². The van der Waals surface area contributed by atoms with Gasteiger partial charge in [0.05, 0.1) is 11.8 Å². The topological polar surface area (TPSA) is 78.3 Å². The molecule has 0 unspecified atom stereocenters. The number of aryl methyl sites for hydroxylation is 1. The molecule has 3 rings (SSSR count). The molecule has 0 aliphatic carbocycles. The van der Waals surface area contributed by atoms with Crippen molar-refractivity contribution < 1.29 is 14.3 Å². The third-order valence-electron chi connectivity index (χ3n) is 4.65. The van der Waals surface area contributed by atoms with Gasteiger partial charge in [0.25, 0.3) is 5.91 Å². The zero-order valence-electron chi connectivity index (χ0n) is 19.2. The fraction of sp³-hybridized carbons (Fsp3) is 0.435. The first kappa shape index (κ1) is 23.0. The molecule has 0 radical (unpaired) electrons. The summed E-state index contributed by atoms with van der Waals surface area (Å²) in [5.41, 5.74) is 2.64. The van der Waals surface area contributed by atoms with Gasteiger partial charge < -0.3 is 19.4 Å². The van der Waals surface area contributed by atoms with Crippen molar-refractivity contribution in [1.82, 2.24) is 19.9 Å². The minimum absolute atomic E-state index is 0.0126. The van der Waals surface area contributed by atoms with Crippen LogP contribution < -0.4 is 10.1 Å². The minimum atomic E-state index is -1.17. The van der Waals surface area contributed by atoms with Gasteiger partial charge in [0.1, 0.15) is 18.0 Å². The van der Waals surface area contributed by atoms with Crippen LogP contribution in [0.5, 0.6) is 11.6 Å². The van der Waals surface area contributed by atoms with Crippen LogP contribution in [0.3, 0.4) is 0 Å². The standard InChI is InChI=1S/C23H32N4O3Si/c1-16(2)25-23(28)19-14-27(15-29-10-11-31(4,5)6)22-21(19)26-20(13-24-22)30-18-9-7-8-17(3)12-18/h7-9,12-14,16H,10-11,15H2,1-6H3,(H,25,28). The Bertz CT molecular complexity index is 1060. The van der Waals surface area contributed by atoms with Crippen LogP contribution in [0.4, 0.5) is 0 Å². The summed E-state index contributed by atoms with van der Waals surface area (Å²) in [4.78, 5) is 21.9. The summed E-state index contributed by atoms with van der Waals surface area (Å²) in [5, 5.41) is 2.93. The number of hydrogen-bond acceptors (Lipinski definition) is 5. The van der Waals surface area contributed by atoms with Crippen LogP contribution in [-0.4, -0.2) is 41.2 Å². The van der Waals surface area contributed by atoms with Crippen LogP contribution in [0.1, 0.15) is 29.8 Å². The highest BCUT2D eigenvalue weighted by Gasteiger charge is 2.20. The number of amides is 1. The molecule has 2 aromatic heterocycles. The number of nitrogens with zero attached hydrogens (tertiary/aromatic N) is 3. The Morgan fingerprint density at radius 2 is 2.03 bits per heavy atom. The Morgan fingerprint density at radius 3 is 2.71 bits per heavy atom. The number of hydrogen-bond donors (Lipinski definition) is 1. The van der Waals surface area contributed by atoms with Crippen LogP contribution in [0.2, 0.25) is 25.7 Å². The lowest BCUT2D eigenvalue weighted by Crippen LogP contribution is -2.30. The normalized spacial score (nSPS) is 11.8. The molecule has 0 atom stereocenters. The van der Waals surface area contributed by atoms with Gasteiger partial charge in [-0.15, -0.1) is 0 Å². The highest BCUT2D eigenvalue weighted by molar-refractivity contribution is 6.76. The van der Waals surface area contributed by atoms with Crippen molar-refractivity contribution in [3.63, 3.8) is 0 Å². The number of ether oxygens (including phenoxy) is 2. The van der Waals surface area contributed by atoms with Crippen LogP contribution in [0.15, 0.2) is 36.7 Å². The van der Waals surface area contributed by atoms with Crippen molar-refractivity contribution in [2.45, 2.75) is 59.2 Å². The molecule has 1 aromatic carbocycles. The van der Waals surface area contributed by atoms with Crippen molar-refractivity contribution in [1.29, 1.82) is 0 Å². The van der Waals surface area contributed by atoms with E-state index < -0.39 is 8.07 Å². The molecule has 0 aliphatic heterocycles. The second kappa shape index (κ2) is 9.61. The molecule has 0 bridgehead atoms. The van der Waals surface area contributed by atoms with Gasteiger partial charge in [-0.25, -0.2) is 9.97 Å². The highest BCUT2D eigenvalue weighted by Crippen LogP contribution is 2.25. The van der Waals surface area contributed by atoms with E-state index >= 15 is 0 Å². The van der Waals surface area contributed by atoms with Crippen molar-refractivity contribution in [2.24, 2.45) is 0 Å². The molecular formula is C23H32N4O3Si. The lowest BCUT2D eigenvalue weighted by Gasteiger charge is -2.15. The molecule has 2 heterocycles. The van der Waals surface area contributed by atoms with Crippen molar-refractivity contribution in [3.8, 4) is 11.6 Å². The average Bonchev–Trinajstić information content (AvgIpc) is 3.02. The SMILES string of the molecule is Cc1cccc(Oc2cnc3c(n2)c(C(=O)NC(C)C)cn3COCC[Si](C)(C)C)c1. The van der Waals surface area contributed by atoms with E-state index in [0.29, 0.717) is 41.7 Å². The average molecular weight is 441 g/mol. The van der Waals surface area contributed by atoms with Crippen LogP contribution in [0, 0.1) is 6.92 Å². The Hall–Kier alpha value is -2.71. The first-order chi connectivity index (χ1) is 14.6. The third-order valence-corrected chi connectivity index (χ3v) is 6.35. The highest BCUT2D eigenvalue weighted by atomic mass is 28.3. The fourth-order valence-electron chi connectivity index (χ4n) is 3.03. The third kappa shape index (κ3) is 6.38. The molecule has 0 saturated heterocycles. The Balaban J connectivity index is 1.89. The van der Waals surface area contributed by atoms with Gasteiger partial charge in [0.2, 0.25) is 5.88 Å². The fourth-order valence-corrected chi connectivity index (χ4v) is 3.79. The van der Waals surface area contributed by atoms with E-state index in [2.05, 4.69) is 34.9 Å². The molecule has 166 valence electrons. The Labute approximate surface area is 184 Å². The van der Waals surface area contributed by atoms with Gasteiger partial charge in [-0.3, -0.25) is 4.79 Å². The van der Waals surface area contributed by atoms with Gasteiger partial charge in [-0.1, -0.05) is 31.8 Å². The maximum absolute atomic E-state index is 12.8. The number of carbonyl (C=O) groups is 1. The zero-order chi connectivity index (χ0) is 22.6. The van der Waals surface area contributed by atoms with Gasteiger partial charge in [-0.2, -0.15) is 0 Å². The summed E-state index contributed by atoms with van der Waals surface area (Å²) in [5.74, 6) is 0.827. The van der Waals surface area contributed by atoms with E-state index in [1.54, 1.807) is 12.4 Å². The predicted molar refractivity (Wildman–Crippen MR) is 125 cm³/mol. The molecule has 0 spiro atoms. The van der Waals surface area contributed by atoms with Crippen molar-refractivity contribution in [3.05, 3.63) is 47.8 Å². The summed E-state index contributed by atoms with van der Waals surface area (Å²) in [6.07, 6.45) is 3.33. The molecule has 0 aliphatic rings. The summed E-state index contributed by atoms with van der Waals surface area (Å²) < 4.78 is 13.6. The number of carbonyl (C=O) groups excluding carboxylic acids is 1. The summed E-state index contributed by atoms with van der Waals surface area (Å²) in [6.45, 7) is 13.8. The zero-order valence-corrected chi connectivity index (χ0v) is 20.2. The second-order valence-electron chi connectivity index (χ2n) is 9.29. The number of aromatic nitrogens is 3. The number of benzene rings is 1. The first-order valence-electron chi connectivity index (χ1n) is 10.6. The molecule has 31 heavy (non-hydrogen) atoms. The largest absolute Gasteiger partial charge is 0.437 e. The van der Waals surface area contributed by atoms with E-state index in [1.807, 2.05) is 49.6 Å². The van der Waals surface area contributed by atoms with Gasteiger partial charge in [0, 0.05) is 26.9 Å². The predicted octanol–water partition coefficient (Wildman–Crippen LogP) is 4.98. The maximum Gasteiger partial charge on any atom is 0.255 e. The smallest absolute Gasteiger partial charge is 0.255 e. The quantitative estimate of drug-likeness (QED) is 0.375. The van der Waals surface area contributed by atoms with Gasteiger partial charge in [-0.05, 0) is 44.5 Å². The Kier molecular flexibility index (Phi) is 7.12. The molecular weight excluding hydrogens is 408 g/mol. The van der Waals surface area contributed by atoms with E-state index in [4.69, 9.17) is 9.47 Å². The number of rotatable bonds is 9. The monoisotopic (exact) mass is 440 g/mol. The minimum Gasteiger partial charge on any atom is -0.437 e. The maximum atomic E-state index is 12.8. The van der Waals surface area contributed by atoms with Crippen LogP contribution in [0.25, 0.3) is 11.2 Å². The number of nitrogens with one attached hydrogen (secondary N) is 1. The molecule has 3 aromatic rings. The summed E-state index contributed by atoms with van der Waals surface area (Å²) in [7, 11) is -1.17. The van der Waals surface area contributed by atoms with Crippen molar-refractivity contribution in [2.75, 3.05) is 6.61 Å². The first-order valence-corrected chi connectivity index (χ1v) is 14.3. The molecule has 0 saturated carbocycles. The molecule has 8 heteroatoms. The Morgan fingerprint density at radius 1 is 1.26 bits per heavy atom. The lowest BCUT2D eigenvalue weighted by atomic mass is 10.2.